The molecule has 0 unspecified atom stereocenters. The van der Waals surface area contributed by atoms with Gasteiger partial charge in [-0.25, -0.2) is 9.78 Å². The Morgan fingerprint density at radius 3 is 2.75 bits per heavy atom. The van der Waals surface area contributed by atoms with Crippen LogP contribution in [0.25, 0.3) is 0 Å². The first kappa shape index (κ1) is 14.8. The summed E-state index contributed by atoms with van der Waals surface area (Å²) < 4.78 is 0. The van der Waals surface area contributed by atoms with Gasteiger partial charge in [-0.05, 0) is 19.8 Å². The second-order valence-corrected chi connectivity index (χ2v) is 6.04. The summed E-state index contributed by atoms with van der Waals surface area (Å²) in [6.07, 6.45) is 3.88. The van der Waals surface area contributed by atoms with Gasteiger partial charge in [0, 0.05) is 11.4 Å². The van der Waals surface area contributed by atoms with E-state index < -0.39 is 5.97 Å². The zero-order valence-corrected chi connectivity index (χ0v) is 12.3. The molecule has 2 amide bonds. The highest BCUT2D eigenvalue weighted by atomic mass is 32.1. The molecule has 0 radical (unpaired) electrons. The van der Waals surface area contributed by atoms with Crippen molar-refractivity contribution in [3.05, 3.63) is 16.1 Å². The molecule has 20 heavy (non-hydrogen) atoms. The molecule has 110 valence electrons. The van der Waals surface area contributed by atoms with Gasteiger partial charge in [-0.2, -0.15) is 0 Å². The van der Waals surface area contributed by atoms with Gasteiger partial charge in [0.1, 0.15) is 6.54 Å². The van der Waals surface area contributed by atoms with E-state index in [2.05, 4.69) is 10.3 Å². The van der Waals surface area contributed by atoms with E-state index in [0.717, 1.165) is 36.4 Å². The Morgan fingerprint density at radius 1 is 1.50 bits per heavy atom. The number of aliphatic carboxylic acids is 1. The van der Waals surface area contributed by atoms with Gasteiger partial charge < -0.3 is 15.3 Å². The lowest BCUT2D eigenvalue weighted by Crippen LogP contribution is -2.47. The van der Waals surface area contributed by atoms with E-state index in [1.54, 1.807) is 0 Å². The normalized spacial score (nSPS) is 15.2. The molecule has 1 aromatic heterocycles. The summed E-state index contributed by atoms with van der Waals surface area (Å²) in [5, 5.41) is 14.6. The van der Waals surface area contributed by atoms with Crippen LogP contribution < -0.4 is 5.32 Å². The molecule has 1 heterocycles. The smallest absolute Gasteiger partial charge is 0.323 e. The third-order valence-corrected chi connectivity index (χ3v) is 4.24. The van der Waals surface area contributed by atoms with Crippen LogP contribution >= 0.6 is 11.3 Å². The number of carboxylic acids is 1. The predicted molar refractivity (Wildman–Crippen MR) is 75.7 cm³/mol. The number of carboxylic acid groups (broad SMARTS) is 1. The molecule has 1 saturated carbocycles. The Kier molecular flexibility index (Phi) is 4.94. The molecule has 6 nitrogen and oxygen atoms in total. The molecule has 1 aromatic rings. The fourth-order valence-electron chi connectivity index (χ4n) is 2.49. The minimum Gasteiger partial charge on any atom is -0.480 e. The van der Waals surface area contributed by atoms with Crippen LogP contribution in [-0.2, 0) is 11.3 Å². The van der Waals surface area contributed by atoms with E-state index in [-0.39, 0.29) is 18.6 Å². The SMILES string of the molecule is Cc1nc(CNC(=O)N(CC(=O)O)C2CCCC2)cs1. The number of amides is 2. The van der Waals surface area contributed by atoms with Gasteiger partial charge in [0.25, 0.3) is 0 Å². The summed E-state index contributed by atoms with van der Waals surface area (Å²) in [5.74, 6) is -0.975. The molecule has 0 atom stereocenters. The number of carbonyl (C=O) groups is 2. The van der Waals surface area contributed by atoms with E-state index >= 15 is 0 Å². The van der Waals surface area contributed by atoms with Gasteiger partial charge >= 0.3 is 12.0 Å². The highest BCUT2D eigenvalue weighted by Crippen LogP contribution is 2.23. The number of hydrogen-bond acceptors (Lipinski definition) is 4. The van der Waals surface area contributed by atoms with Gasteiger partial charge in [-0.1, -0.05) is 12.8 Å². The fraction of sp³-hybridized carbons (Fsp3) is 0.615. The van der Waals surface area contributed by atoms with Crippen LogP contribution in [0.15, 0.2) is 5.38 Å². The van der Waals surface area contributed by atoms with Gasteiger partial charge in [-0.3, -0.25) is 4.79 Å². The first-order chi connectivity index (χ1) is 9.56. The third-order valence-electron chi connectivity index (χ3n) is 3.42. The topological polar surface area (TPSA) is 82.5 Å². The van der Waals surface area contributed by atoms with Crippen molar-refractivity contribution in [1.29, 1.82) is 0 Å². The van der Waals surface area contributed by atoms with Crippen LogP contribution in [-0.4, -0.2) is 39.6 Å². The lowest BCUT2D eigenvalue weighted by molar-refractivity contribution is -0.138. The van der Waals surface area contributed by atoms with E-state index in [9.17, 15) is 9.59 Å². The molecular formula is C13H19N3O3S. The predicted octanol–water partition coefficient (Wildman–Crippen LogP) is 1.99. The van der Waals surface area contributed by atoms with Crippen molar-refractivity contribution in [1.82, 2.24) is 15.2 Å². The Hall–Kier alpha value is -1.63. The molecule has 2 N–H and O–H groups in total. The van der Waals surface area contributed by atoms with Crippen molar-refractivity contribution in [3.63, 3.8) is 0 Å². The Bertz CT molecular complexity index is 483. The standard InChI is InChI=1S/C13H19N3O3S/c1-9-15-10(8-20-9)6-14-13(19)16(7-12(17)18)11-4-2-3-5-11/h8,11H,2-7H2,1H3,(H,14,19)(H,17,18). The maximum Gasteiger partial charge on any atom is 0.323 e. The molecule has 2 rings (SSSR count). The molecule has 0 bridgehead atoms. The van der Waals surface area contributed by atoms with E-state index in [4.69, 9.17) is 5.11 Å². The van der Waals surface area contributed by atoms with Crippen molar-refractivity contribution < 1.29 is 14.7 Å². The molecule has 0 spiro atoms. The van der Waals surface area contributed by atoms with Gasteiger partial charge in [0.05, 0.1) is 17.2 Å². The second kappa shape index (κ2) is 6.69. The first-order valence-electron chi connectivity index (χ1n) is 6.73. The van der Waals surface area contributed by atoms with Crippen molar-refractivity contribution in [2.75, 3.05) is 6.54 Å². The summed E-state index contributed by atoms with van der Waals surface area (Å²) in [7, 11) is 0. The number of rotatable bonds is 5. The van der Waals surface area contributed by atoms with E-state index in [0.29, 0.717) is 6.54 Å². The second-order valence-electron chi connectivity index (χ2n) is 4.98. The van der Waals surface area contributed by atoms with Crippen molar-refractivity contribution in [2.45, 2.75) is 45.2 Å². The number of aromatic nitrogens is 1. The first-order valence-corrected chi connectivity index (χ1v) is 7.61. The number of carbonyl (C=O) groups excluding carboxylic acids is 1. The molecule has 0 aliphatic heterocycles. The van der Waals surface area contributed by atoms with E-state index in [1.165, 1.54) is 16.2 Å². The molecule has 1 aliphatic carbocycles. The molecule has 1 aliphatic rings. The van der Waals surface area contributed by atoms with Crippen LogP contribution in [0.3, 0.4) is 0 Å². The number of nitrogens with one attached hydrogen (secondary N) is 1. The van der Waals surface area contributed by atoms with Crippen molar-refractivity contribution in [3.8, 4) is 0 Å². The van der Waals surface area contributed by atoms with Crippen LogP contribution in [0.2, 0.25) is 0 Å². The van der Waals surface area contributed by atoms with Crippen LogP contribution in [0.5, 0.6) is 0 Å². The molecule has 0 saturated heterocycles. The average molecular weight is 297 g/mol. The minimum atomic E-state index is -0.975. The average Bonchev–Trinajstić information content (AvgIpc) is 3.04. The molecule has 0 aromatic carbocycles. The zero-order valence-electron chi connectivity index (χ0n) is 11.5. The molecular weight excluding hydrogens is 278 g/mol. The highest BCUT2D eigenvalue weighted by Gasteiger charge is 2.28. The van der Waals surface area contributed by atoms with Gasteiger partial charge in [0.2, 0.25) is 0 Å². The number of nitrogens with zero attached hydrogens (tertiary/aromatic N) is 2. The van der Waals surface area contributed by atoms with Crippen molar-refractivity contribution in [2.24, 2.45) is 0 Å². The van der Waals surface area contributed by atoms with Gasteiger partial charge in [0.15, 0.2) is 0 Å². The van der Waals surface area contributed by atoms with Crippen molar-refractivity contribution >= 4 is 23.3 Å². The summed E-state index contributed by atoms with van der Waals surface area (Å²) in [5.41, 5.74) is 0.808. The van der Waals surface area contributed by atoms with Crippen LogP contribution in [0, 0.1) is 6.92 Å². The zero-order chi connectivity index (χ0) is 14.5. The highest BCUT2D eigenvalue weighted by molar-refractivity contribution is 7.09. The van der Waals surface area contributed by atoms with E-state index in [1.807, 2.05) is 12.3 Å². The van der Waals surface area contributed by atoms with Crippen LogP contribution in [0.1, 0.15) is 36.4 Å². The number of hydrogen-bond donors (Lipinski definition) is 2. The lowest BCUT2D eigenvalue weighted by atomic mass is 10.2. The summed E-state index contributed by atoms with van der Waals surface area (Å²) in [6, 6.07) is -0.270. The Balaban J connectivity index is 1.93. The summed E-state index contributed by atoms with van der Waals surface area (Å²) >= 11 is 1.53. The Morgan fingerprint density at radius 2 is 2.20 bits per heavy atom. The summed E-state index contributed by atoms with van der Waals surface area (Å²) in [6.45, 7) is 2.00. The number of urea groups is 1. The third kappa shape index (κ3) is 3.93. The maximum absolute atomic E-state index is 12.2. The monoisotopic (exact) mass is 297 g/mol. The Labute approximate surface area is 121 Å². The maximum atomic E-state index is 12.2. The fourth-order valence-corrected chi connectivity index (χ4v) is 3.10. The quantitative estimate of drug-likeness (QED) is 0.870. The largest absolute Gasteiger partial charge is 0.480 e. The number of thiazole rings is 1. The van der Waals surface area contributed by atoms with Gasteiger partial charge in [-0.15, -0.1) is 11.3 Å². The number of aryl methyl sites for hydroxylation is 1. The molecule has 1 fully saturated rings. The molecule has 7 heteroatoms. The lowest BCUT2D eigenvalue weighted by Gasteiger charge is -2.27. The summed E-state index contributed by atoms with van der Waals surface area (Å²) in [4.78, 5) is 28.8. The van der Waals surface area contributed by atoms with Crippen LogP contribution in [0.4, 0.5) is 4.79 Å². The minimum absolute atomic E-state index is 0.0447.